The van der Waals surface area contributed by atoms with Gasteiger partial charge in [-0.05, 0) is 65.9 Å². The zero-order valence-electron chi connectivity index (χ0n) is 15.7. The molecule has 0 aromatic heterocycles. The summed E-state index contributed by atoms with van der Waals surface area (Å²) in [6.07, 6.45) is 3.95. The Morgan fingerprint density at radius 3 is 2.62 bits per heavy atom. The number of alkyl carbamates (subject to hydrolysis) is 1. The monoisotopic (exact) mass is 332 g/mol. The first-order valence-corrected chi connectivity index (χ1v) is 9.05. The molecule has 0 radical (unpaired) electrons. The largest absolute Gasteiger partial charge is 0.444 e. The van der Waals surface area contributed by atoms with Crippen LogP contribution in [0.25, 0.3) is 0 Å². The molecule has 0 heterocycles. The van der Waals surface area contributed by atoms with E-state index in [0.29, 0.717) is 12.1 Å². The molecule has 4 nitrogen and oxygen atoms in total. The second kappa shape index (κ2) is 8.02. The smallest absolute Gasteiger partial charge is 0.407 e. The molecule has 1 aliphatic rings. The van der Waals surface area contributed by atoms with Crippen LogP contribution in [0.3, 0.4) is 0 Å². The van der Waals surface area contributed by atoms with E-state index in [4.69, 9.17) is 4.74 Å². The van der Waals surface area contributed by atoms with Crippen LogP contribution in [0.4, 0.5) is 4.79 Å². The van der Waals surface area contributed by atoms with E-state index in [1.807, 2.05) is 20.8 Å². The number of amides is 1. The SMILES string of the molecule is Cc1cccc([C@@H](C)NC2CCCC(NC(=O)OC(C)(C)C)C2)c1. The average molecular weight is 332 g/mol. The molecule has 0 bridgehead atoms. The third-order valence-corrected chi connectivity index (χ3v) is 4.42. The van der Waals surface area contributed by atoms with Gasteiger partial charge in [-0.15, -0.1) is 0 Å². The molecule has 1 fully saturated rings. The van der Waals surface area contributed by atoms with Crippen LogP contribution in [-0.2, 0) is 4.74 Å². The minimum absolute atomic E-state index is 0.191. The third kappa shape index (κ3) is 6.16. The van der Waals surface area contributed by atoms with Gasteiger partial charge in [-0.2, -0.15) is 0 Å². The molecular weight excluding hydrogens is 300 g/mol. The third-order valence-electron chi connectivity index (χ3n) is 4.42. The van der Waals surface area contributed by atoms with Crippen molar-refractivity contribution in [2.24, 2.45) is 0 Å². The summed E-state index contributed by atoms with van der Waals surface area (Å²) in [4.78, 5) is 12.0. The van der Waals surface area contributed by atoms with Crippen molar-refractivity contribution in [3.63, 3.8) is 0 Å². The first-order chi connectivity index (χ1) is 11.2. The van der Waals surface area contributed by atoms with Crippen molar-refractivity contribution < 1.29 is 9.53 Å². The summed E-state index contributed by atoms with van der Waals surface area (Å²) in [6, 6.07) is 9.56. The lowest BCUT2D eigenvalue weighted by Crippen LogP contribution is -2.46. The molecule has 0 aliphatic heterocycles. The van der Waals surface area contributed by atoms with Crippen molar-refractivity contribution in [2.45, 2.75) is 84.0 Å². The van der Waals surface area contributed by atoms with Crippen LogP contribution in [0.5, 0.6) is 0 Å². The van der Waals surface area contributed by atoms with Crippen LogP contribution in [0.2, 0.25) is 0 Å². The van der Waals surface area contributed by atoms with Crippen LogP contribution in [0, 0.1) is 6.92 Å². The fraction of sp³-hybridized carbons (Fsp3) is 0.650. The van der Waals surface area contributed by atoms with Gasteiger partial charge in [0.1, 0.15) is 5.60 Å². The van der Waals surface area contributed by atoms with E-state index in [-0.39, 0.29) is 12.1 Å². The molecule has 1 aromatic rings. The molecule has 1 aliphatic carbocycles. The maximum atomic E-state index is 12.0. The van der Waals surface area contributed by atoms with Gasteiger partial charge in [0, 0.05) is 18.1 Å². The van der Waals surface area contributed by atoms with Gasteiger partial charge < -0.3 is 15.4 Å². The van der Waals surface area contributed by atoms with Crippen molar-refractivity contribution in [1.29, 1.82) is 0 Å². The fourth-order valence-electron chi connectivity index (χ4n) is 3.34. The molecule has 4 heteroatoms. The normalized spacial score (nSPS) is 22.7. The van der Waals surface area contributed by atoms with Crippen molar-refractivity contribution in [2.75, 3.05) is 0 Å². The molecule has 24 heavy (non-hydrogen) atoms. The van der Waals surface area contributed by atoms with Crippen LogP contribution >= 0.6 is 0 Å². The lowest BCUT2D eigenvalue weighted by atomic mass is 9.90. The van der Waals surface area contributed by atoms with E-state index in [1.54, 1.807) is 0 Å². The molecule has 2 N–H and O–H groups in total. The molecule has 2 rings (SSSR count). The predicted molar refractivity (Wildman–Crippen MR) is 98.1 cm³/mol. The number of rotatable bonds is 4. The Balaban J connectivity index is 1.85. The summed E-state index contributed by atoms with van der Waals surface area (Å²) in [7, 11) is 0. The maximum Gasteiger partial charge on any atom is 0.407 e. The molecular formula is C20H32N2O2. The van der Waals surface area contributed by atoms with Gasteiger partial charge in [-0.1, -0.05) is 29.8 Å². The highest BCUT2D eigenvalue weighted by Crippen LogP contribution is 2.23. The van der Waals surface area contributed by atoms with E-state index < -0.39 is 5.60 Å². The zero-order chi connectivity index (χ0) is 17.7. The number of carbonyl (C=O) groups excluding carboxylic acids is 1. The van der Waals surface area contributed by atoms with Gasteiger partial charge in [0.15, 0.2) is 0 Å². The highest BCUT2D eigenvalue weighted by Gasteiger charge is 2.26. The van der Waals surface area contributed by atoms with Gasteiger partial charge in [-0.25, -0.2) is 4.79 Å². The Morgan fingerprint density at radius 2 is 1.96 bits per heavy atom. The van der Waals surface area contributed by atoms with Crippen molar-refractivity contribution in [1.82, 2.24) is 10.6 Å². The summed E-state index contributed by atoms with van der Waals surface area (Å²) < 4.78 is 5.37. The minimum atomic E-state index is -0.448. The molecule has 1 aromatic carbocycles. The second-order valence-corrected chi connectivity index (χ2v) is 8.01. The van der Waals surface area contributed by atoms with Gasteiger partial charge in [0.05, 0.1) is 0 Å². The molecule has 3 atom stereocenters. The Labute approximate surface area is 146 Å². The number of hydrogen-bond acceptors (Lipinski definition) is 3. The fourth-order valence-corrected chi connectivity index (χ4v) is 3.34. The molecule has 134 valence electrons. The van der Waals surface area contributed by atoms with Crippen molar-refractivity contribution in [3.05, 3.63) is 35.4 Å². The highest BCUT2D eigenvalue weighted by molar-refractivity contribution is 5.68. The number of nitrogens with one attached hydrogen (secondary N) is 2. The highest BCUT2D eigenvalue weighted by atomic mass is 16.6. The number of benzene rings is 1. The van der Waals surface area contributed by atoms with E-state index in [0.717, 1.165) is 25.7 Å². The van der Waals surface area contributed by atoms with Crippen LogP contribution in [0.15, 0.2) is 24.3 Å². The Bertz CT molecular complexity index is 551. The Morgan fingerprint density at radius 1 is 1.25 bits per heavy atom. The average Bonchev–Trinajstić information content (AvgIpc) is 2.45. The summed E-state index contributed by atoms with van der Waals surface area (Å²) >= 11 is 0. The molecule has 0 saturated heterocycles. The topological polar surface area (TPSA) is 50.4 Å². The summed E-state index contributed by atoms with van der Waals surface area (Å²) in [6.45, 7) is 10.0. The quantitative estimate of drug-likeness (QED) is 0.854. The summed E-state index contributed by atoms with van der Waals surface area (Å²) in [5.74, 6) is 0. The Hall–Kier alpha value is -1.55. The van der Waals surface area contributed by atoms with Gasteiger partial charge >= 0.3 is 6.09 Å². The Kier molecular flexibility index (Phi) is 6.27. The maximum absolute atomic E-state index is 12.0. The van der Waals surface area contributed by atoms with E-state index in [9.17, 15) is 4.79 Å². The predicted octanol–water partition coefficient (Wildman–Crippen LogP) is 4.48. The lowest BCUT2D eigenvalue weighted by molar-refractivity contribution is 0.0488. The molecule has 1 saturated carbocycles. The number of hydrogen-bond donors (Lipinski definition) is 2. The van der Waals surface area contributed by atoms with E-state index in [1.165, 1.54) is 11.1 Å². The van der Waals surface area contributed by atoms with Gasteiger partial charge in [0.25, 0.3) is 0 Å². The number of aryl methyl sites for hydroxylation is 1. The first kappa shape index (κ1) is 18.8. The first-order valence-electron chi connectivity index (χ1n) is 9.05. The van der Waals surface area contributed by atoms with Crippen LogP contribution in [-0.4, -0.2) is 23.8 Å². The lowest BCUT2D eigenvalue weighted by Gasteiger charge is -2.33. The number of ether oxygens (including phenoxy) is 1. The van der Waals surface area contributed by atoms with Crippen LogP contribution in [0.1, 0.15) is 70.5 Å². The second-order valence-electron chi connectivity index (χ2n) is 8.01. The van der Waals surface area contributed by atoms with Gasteiger partial charge in [0.2, 0.25) is 0 Å². The number of carbonyl (C=O) groups is 1. The molecule has 1 amide bonds. The standard InChI is InChI=1S/C20H32N2O2/c1-14-8-6-9-16(12-14)15(2)21-17-10-7-11-18(13-17)22-19(23)24-20(3,4)5/h6,8-9,12,15,17-18,21H,7,10-11,13H2,1-5H3,(H,22,23)/t15-,17?,18?/m1/s1. The summed E-state index contributed by atoms with van der Waals surface area (Å²) in [5.41, 5.74) is 2.15. The van der Waals surface area contributed by atoms with Crippen molar-refractivity contribution >= 4 is 6.09 Å². The van der Waals surface area contributed by atoms with Crippen molar-refractivity contribution in [3.8, 4) is 0 Å². The van der Waals surface area contributed by atoms with E-state index in [2.05, 4.69) is 48.7 Å². The minimum Gasteiger partial charge on any atom is -0.444 e. The van der Waals surface area contributed by atoms with Gasteiger partial charge in [-0.3, -0.25) is 0 Å². The van der Waals surface area contributed by atoms with E-state index >= 15 is 0 Å². The van der Waals surface area contributed by atoms with Crippen LogP contribution < -0.4 is 10.6 Å². The summed E-state index contributed by atoms with van der Waals surface area (Å²) in [5, 5.41) is 6.75. The molecule has 0 spiro atoms. The zero-order valence-corrected chi connectivity index (χ0v) is 15.7. The molecule has 2 unspecified atom stereocenters.